The summed E-state index contributed by atoms with van der Waals surface area (Å²) in [7, 11) is 0. The molecule has 4 nitrogen and oxygen atoms in total. The number of pyridine rings is 4. The smallest absolute Gasteiger partial charge is 0.0716 e. The molecule has 224 valence electrons. The van der Waals surface area contributed by atoms with Crippen LogP contribution >= 0.6 is 0 Å². The van der Waals surface area contributed by atoms with E-state index in [2.05, 4.69) is 125 Å². The maximum atomic E-state index is 5.06. The van der Waals surface area contributed by atoms with Crippen LogP contribution in [0.4, 0.5) is 0 Å². The number of benzene rings is 5. The molecule has 0 N–H and O–H groups in total. The van der Waals surface area contributed by atoms with Crippen molar-refractivity contribution in [2.24, 2.45) is 0 Å². The highest BCUT2D eigenvalue weighted by Crippen LogP contribution is 2.39. The van der Waals surface area contributed by atoms with Crippen LogP contribution in [0.25, 0.3) is 88.3 Å². The molecule has 4 heteroatoms. The van der Waals surface area contributed by atoms with Crippen molar-refractivity contribution in [1.82, 2.24) is 19.9 Å². The van der Waals surface area contributed by atoms with E-state index in [9.17, 15) is 0 Å². The highest BCUT2D eigenvalue weighted by Gasteiger charge is 2.14. The van der Waals surface area contributed by atoms with E-state index in [4.69, 9.17) is 9.97 Å². The van der Waals surface area contributed by atoms with Crippen molar-refractivity contribution in [2.75, 3.05) is 0 Å². The lowest BCUT2D eigenvalue weighted by Gasteiger charge is -2.15. The first-order chi connectivity index (χ1) is 23.8. The average Bonchev–Trinajstić information content (AvgIpc) is 3.17. The second kappa shape index (κ2) is 11.7. The molecule has 0 radical (unpaired) electrons. The molecular formula is C44H28N4. The molecule has 9 aromatic rings. The molecule has 5 aromatic carbocycles. The Labute approximate surface area is 278 Å². The molecule has 0 aliphatic carbocycles. The number of nitrogens with zero attached hydrogens (tertiary/aromatic N) is 4. The summed E-state index contributed by atoms with van der Waals surface area (Å²) < 4.78 is 0. The fourth-order valence-electron chi connectivity index (χ4n) is 6.74. The van der Waals surface area contributed by atoms with Crippen molar-refractivity contribution in [3.63, 3.8) is 0 Å². The number of rotatable bonds is 5. The second-order valence-electron chi connectivity index (χ2n) is 12.0. The highest BCUT2D eigenvalue weighted by atomic mass is 14.7. The molecule has 0 aliphatic rings. The lowest BCUT2D eigenvalue weighted by atomic mass is 9.90. The van der Waals surface area contributed by atoms with Gasteiger partial charge in [0.25, 0.3) is 0 Å². The standard InChI is InChI=1S/C44H28N4/c1-2-9-36-34(6-1)28-47-44-25-32(12-13-41(36)44)31-7-5-8-33(24-31)37-14-15-38(40-11-4-3-10-39(37)40)35-26-42(29-16-20-45-21-17-29)48-43(27-35)30-18-22-46-23-19-30/h1-28H. The molecule has 0 fully saturated rings. The van der Waals surface area contributed by atoms with Gasteiger partial charge in [-0.25, -0.2) is 4.98 Å². The van der Waals surface area contributed by atoms with Crippen molar-refractivity contribution >= 4 is 32.4 Å². The third-order valence-corrected chi connectivity index (χ3v) is 9.11. The van der Waals surface area contributed by atoms with Gasteiger partial charge in [0.1, 0.15) is 0 Å². The van der Waals surface area contributed by atoms with E-state index in [1.807, 2.05) is 55.2 Å². The Morgan fingerprint density at radius 2 is 0.938 bits per heavy atom. The maximum Gasteiger partial charge on any atom is 0.0716 e. The van der Waals surface area contributed by atoms with Crippen LogP contribution in [-0.4, -0.2) is 19.9 Å². The molecule has 0 bridgehead atoms. The molecule has 0 saturated carbocycles. The fourth-order valence-corrected chi connectivity index (χ4v) is 6.74. The minimum absolute atomic E-state index is 0.903. The monoisotopic (exact) mass is 612 g/mol. The van der Waals surface area contributed by atoms with E-state index >= 15 is 0 Å². The van der Waals surface area contributed by atoms with Gasteiger partial charge >= 0.3 is 0 Å². The predicted molar refractivity (Wildman–Crippen MR) is 197 cm³/mol. The van der Waals surface area contributed by atoms with Gasteiger partial charge in [-0.15, -0.1) is 0 Å². The van der Waals surface area contributed by atoms with Crippen LogP contribution in [0.15, 0.2) is 171 Å². The van der Waals surface area contributed by atoms with Gasteiger partial charge in [-0.3, -0.25) is 15.0 Å². The number of aromatic nitrogens is 4. The van der Waals surface area contributed by atoms with Gasteiger partial charge in [0.2, 0.25) is 0 Å². The Balaban J connectivity index is 1.16. The first kappa shape index (κ1) is 27.8. The van der Waals surface area contributed by atoms with Gasteiger partial charge in [-0.05, 0) is 98.1 Å². The van der Waals surface area contributed by atoms with Crippen LogP contribution in [0.5, 0.6) is 0 Å². The lowest BCUT2D eigenvalue weighted by molar-refractivity contribution is 1.27. The summed E-state index contributed by atoms with van der Waals surface area (Å²) in [5.41, 5.74) is 11.8. The zero-order valence-corrected chi connectivity index (χ0v) is 26.0. The van der Waals surface area contributed by atoms with E-state index in [1.165, 1.54) is 32.7 Å². The summed E-state index contributed by atoms with van der Waals surface area (Å²) in [4.78, 5) is 18.3. The number of hydrogen-bond acceptors (Lipinski definition) is 4. The molecule has 9 rings (SSSR count). The normalized spacial score (nSPS) is 11.3. The molecule has 4 aromatic heterocycles. The van der Waals surface area contributed by atoms with Crippen LogP contribution in [-0.2, 0) is 0 Å². The van der Waals surface area contributed by atoms with Crippen LogP contribution in [0.1, 0.15) is 0 Å². The quantitative estimate of drug-likeness (QED) is 0.181. The van der Waals surface area contributed by atoms with Crippen molar-refractivity contribution < 1.29 is 0 Å². The summed E-state index contributed by atoms with van der Waals surface area (Å²) in [6, 6.07) is 49.4. The van der Waals surface area contributed by atoms with Gasteiger partial charge in [-0.1, -0.05) is 91.0 Å². The lowest BCUT2D eigenvalue weighted by Crippen LogP contribution is -1.93. The fraction of sp³-hybridized carbons (Fsp3) is 0. The molecule has 4 heterocycles. The SMILES string of the molecule is c1cc(-c2ccc3c(c2)ncc2ccccc23)cc(-c2ccc(-c3cc(-c4ccncc4)nc(-c4ccncc4)c3)c3ccccc23)c1. The summed E-state index contributed by atoms with van der Waals surface area (Å²) in [6.07, 6.45) is 9.21. The third kappa shape index (κ3) is 4.97. The Hall–Kier alpha value is -6.52. The molecule has 48 heavy (non-hydrogen) atoms. The van der Waals surface area contributed by atoms with E-state index in [1.54, 1.807) is 0 Å². The topological polar surface area (TPSA) is 51.6 Å². The van der Waals surface area contributed by atoms with E-state index in [0.29, 0.717) is 0 Å². The second-order valence-corrected chi connectivity index (χ2v) is 12.0. The van der Waals surface area contributed by atoms with Crippen molar-refractivity contribution in [3.8, 4) is 55.9 Å². The van der Waals surface area contributed by atoms with Crippen molar-refractivity contribution in [2.45, 2.75) is 0 Å². The minimum Gasteiger partial charge on any atom is -0.265 e. The first-order valence-corrected chi connectivity index (χ1v) is 16.0. The molecule has 0 saturated heterocycles. The van der Waals surface area contributed by atoms with Crippen molar-refractivity contribution in [3.05, 3.63) is 171 Å². The summed E-state index contributed by atoms with van der Waals surface area (Å²) in [5.74, 6) is 0. The molecule has 0 atom stereocenters. The number of hydrogen-bond donors (Lipinski definition) is 0. The van der Waals surface area contributed by atoms with Gasteiger partial charge in [0, 0.05) is 52.9 Å². The van der Waals surface area contributed by atoms with Crippen LogP contribution < -0.4 is 0 Å². The van der Waals surface area contributed by atoms with Gasteiger partial charge in [0.15, 0.2) is 0 Å². The molecular weight excluding hydrogens is 585 g/mol. The van der Waals surface area contributed by atoms with Crippen LogP contribution in [0, 0.1) is 0 Å². The molecule has 0 aliphatic heterocycles. The van der Waals surface area contributed by atoms with Gasteiger partial charge in [0.05, 0.1) is 16.9 Å². The van der Waals surface area contributed by atoms with E-state index in [-0.39, 0.29) is 0 Å². The Kier molecular flexibility index (Phi) is 6.76. The zero-order valence-electron chi connectivity index (χ0n) is 26.0. The highest BCUT2D eigenvalue weighted by molar-refractivity contribution is 6.07. The largest absolute Gasteiger partial charge is 0.265 e. The number of fused-ring (bicyclic) bond motifs is 4. The van der Waals surface area contributed by atoms with Crippen LogP contribution in [0.2, 0.25) is 0 Å². The van der Waals surface area contributed by atoms with Crippen molar-refractivity contribution in [1.29, 1.82) is 0 Å². The Bertz CT molecular complexity index is 2560. The molecule has 0 spiro atoms. The van der Waals surface area contributed by atoms with E-state index < -0.39 is 0 Å². The van der Waals surface area contributed by atoms with Gasteiger partial charge in [-0.2, -0.15) is 0 Å². The summed E-state index contributed by atoms with van der Waals surface area (Å²) >= 11 is 0. The summed E-state index contributed by atoms with van der Waals surface area (Å²) in [5, 5.41) is 5.94. The minimum atomic E-state index is 0.903. The third-order valence-electron chi connectivity index (χ3n) is 9.11. The maximum absolute atomic E-state index is 5.06. The Morgan fingerprint density at radius 3 is 1.62 bits per heavy atom. The predicted octanol–water partition coefficient (Wildman–Crippen LogP) is 11.1. The van der Waals surface area contributed by atoms with Gasteiger partial charge < -0.3 is 0 Å². The van der Waals surface area contributed by atoms with Crippen LogP contribution in [0.3, 0.4) is 0 Å². The molecule has 0 amide bonds. The van der Waals surface area contributed by atoms with E-state index in [0.717, 1.165) is 55.7 Å². The first-order valence-electron chi connectivity index (χ1n) is 16.0. The molecule has 0 unspecified atom stereocenters. The Morgan fingerprint density at radius 1 is 0.354 bits per heavy atom. The zero-order chi connectivity index (χ0) is 31.9. The summed E-state index contributed by atoms with van der Waals surface area (Å²) in [6.45, 7) is 0. The average molecular weight is 613 g/mol.